The molecule has 0 fully saturated rings. The summed E-state index contributed by atoms with van der Waals surface area (Å²) in [6.45, 7) is 1.47. The first kappa shape index (κ1) is 11.7. The molecule has 0 aromatic heterocycles. The Balaban J connectivity index is 4.03. The van der Waals surface area contributed by atoms with Crippen molar-refractivity contribution in [3.05, 3.63) is 0 Å². The number of aliphatic hydroxyl groups is 1. The first-order valence-corrected chi connectivity index (χ1v) is 4.71. The fourth-order valence-electron chi connectivity index (χ4n) is 0.519. The molecule has 0 heterocycles. The summed E-state index contributed by atoms with van der Waals surface area (Å²) in [5.74, 6) is -0.466. The molecule has 0 aromatic rings. The maximum Gasteiger partial charge on any atom is 0.348 e. The largest absolute Gasteiger partial charge is 0.460 e. The van der Waals surface area contributed by atoms with Crippen molar-refractivity contribution >= 4 is 17.7 Å². The van der Waals surface area contributed by atoms with Crippen LogP contribution in [0.25, 0.3) is 0 Å². The monoisotopic (exact) mass is 194 g/mol. The van der Waals surface area contributed by atoms with Crippen molar-refractivity contribution in [3.63, 3.8) is 0 Å². The molecule has 0 bridgehead atoms. The Morgan fingerprint density at radius 3 is 2.58 bits per heavy atom. The Hall–Kier alpha value is -0.260. The highest BCUT2D eigenvalue weighted by Gasteiger charge is 2.33. The number of hydrogen-bond acceptors (Lipinski definition) is 5. The van der Waals surface area contributed by atoms with Crippen molar-refractivity contribution in [2.75, 3.05) is 26.6 Å². The average molecular weight is 194 g/mol. The Morgan fingerprint density at radius 1 is 1.67 bits per heavy atom. The van der Waals surface area contributed by atoms with Crippen LogP contribution in [0.2, 0.25) is 0 Å². The lowest BCUT2D eigenvalue weighted by molar-refractivity contribution is -0.158. The number of esters is 1. The summed E-state index contributed by atoms with van der Waals surface area (Å²) in [6.07, 6.45) is 1.75. The predicted molar refractivity (Wildman–Crippen MR) is 47.0 cm³/mol. The van der Waals surface area contributed by atoms with Crippen LogP contribution >= 0.6 is 11.8 Å². The van der Waals surface area contributed by atoms with E-state index in [9.17, 15) is 4.79 Å². The van der Waals surface area contributed by atoms with E-state index >= 15 is 0 Å². The van der Waals surface area contributed by atoms with Gasteiger partial charge in [0.15, 0.2) is 0 Å². The predicted octanol–water partition coefficient (Wildman–Crippen LogP) is 0.247. The molecule has 0 aliphatic heterocycles. The van der Waals surface area contributed by atoms with Gasteiger partial charge in [-0.15, -0.1) is 11.8 Å². The van der Waals surface area contributed by atoms with Gasteiger partial charge in [0, 0.05) is 7.11 Å². The summed E-state index contributed by atoms with van der Waals surface area (Å²) < 4.78 is 9.66. The molecular formula is C7H14O4S. The second-order valence-corrected chi connectivity index (χ2v) is 3.40. The lowest BCUT2D eigenvalue weighted by Gasteiger charge is -2.22. The van der Waals surface area contributed by atoms with Crippen LogP contribution in [0.4, 0.5) is 0 Å². The maximum atomic E-state index is 11.2. The van der Waals surface area contributed by atoms with Gasteiger partial charge in [-0.2, -0.15) is 0 Å². The summed E-state index contributed by atoms with van der Waals surface area (Å²) in [5, 5.41) is 8.40. The van der Waals surface area contributed by atoms with Crippen molar-refractivity contribution in [1.82, 2.24) is 0 Å². The molecule has 1 atom stereocenters. The summed E-state index contributed by atoms with van der Waals surface area (Å²) in [7, 11) is 1.44. The number of methoxy groups -OCH3 is 1. The topological polar surface area (TPSA) is 55.8 Å². The van der Waals surface area contributed by atoms with E-state index in [2.05, 4.69) is 0 Å². The summed E-state index contributed by atoms with van der Waals surface area (Å²) in [5.41, 5.74) is 0. The number of rotatable bonds is 5. The molecule has 1 unspecified atom stereocenters. The third-order valence-corrected chi connectivity index (χ3v) is 2.59. The molecule has 0 spiro atoms. The second-order valence-electron chi connectivity index (χ2n) is 2.21. The molecule has 0 rings (SSSR count). The van der Waals surface area contributed by atoms with Gasteiger partial charge in [0.25, 0.3) is 0 Å². The highest BCUT2D eigenvalue weighted by molar-refractivity contribution is 8.00. The van der Waals surface area contributed by atoms with Crippen LogP contribution in [0, 0.1) is 0 Å². The Kier molecular flexibility index (Phi) is 5.28. The van der Waals surface area contributed by atoms with Crippen molar-refractivity contribution in [2.24, 2.45) is 0 Å². The summed E-state index contributed by atoms with van der Waals surface area (Å²) in [4.78, 5) is 10.2. The molecule has 0 radical (unpaired) electrons. The maximum absolute atomic E-state index is 11.2. The van der Waals surface area contributed by atoms with E-state index in [-0.39, 0.29) is 13.2 Å². The SMILES string of the molecule is COC(C)(SC)C(=O)OCCO. The zero-order valence-corrected chi connectivity index (χ0v) is 8.31. The third-order valence-electron chi connectivity index (χ3n) is 1.47. The molecule has 0 aliphatic carbocycles. The molecule has 0 aromatic carbocycles. The molecule has 5 heteroatoms. The smallest absolute Gasteiger partial charge is 0.348 e. The highest BCUT2D eigenvalue weighted by Crippen LogP contribution is 2.24. The van der Waals surface area contributed by atoms with Gasteiger partial charge in [0.2, 0.25) is 4.93 Å². The van der Waals surface area contributed by atoms with Gasteiger partial charge >= 0.3 is 5.97 Å². The van der Waals surface area contributed by atoms with Gasteiger partial charge in [0.05, 0.1) is 6.61 Å². The second kappa shape index (κ2) is 5.40. The fraction of sp³-hybridized carbons (Fsp3) is 0.857. The lowest BCUT2D eigenvalue weighted by Crippen LogP contribution is -2.35. The van der Waals surface area contributed by atoms with Crippen LogP contribution in [-0.4, -0.2) is 42.6 Å². The van der Waals surface area contributed by atoms with Crippen LogP contribution in [0.5, 0.6) is 0 Å². The standard InChI is InChI=1S/C7H14O4S/c1-7(10-2,12-3)6(9)11-5-4-8/h8H,4-5H2,1-3H3. The lowest BCUT2D eigenvalue weighted by atomic mass is 10.4. The minimum Gasteiger partial charge on any atom is -0.460 e. The van der Waals surface area contributed by atoms with E-state index in [1.807, 2.05) is 0 Å². The number of aliphatic hydroxyl groups excluding tert-OH is 1. The first-order chi connectivity index (χ1) is 5.60. The van der Waals surface area contributed by atoms with Gasteiger partial charge in [-0.1, -0.05) is 0 Å². The number of thioether (sulfide) groups is 1. The van der Waals surface area contributed by atoms with Crippen LogP contribution in [-0.2, 0) is 14.3 Å². The van der Waals surface area contributed by atoms with E-state index in [0.717, 1.165) is 0 Å². The van der Waals surface area contributed by atoms with Crippen LogP contribution in [0.15, 0.2) is 0 Å². The molecule has 0 aliphatic rings. The number of hydrogen-bond donors (Lipinski definition) is 1. The molecule has 0 amide bonds. The summed E-state index contributed by atoms with van der Waals surface area (Å²) in [6, 6.07) is 0. The minimum atomic E-state index is -0.963. The number of carbonyl (C=O) groups excluding carboxylic acids is 1. The zero-order chi connectivity index (χ0) is 9.61. The molecule has 0 saturated carbocycles. The molecule has 4 nitrogen and oxygen atoms in total. The van der Waals surface area contributed by atoms with Gasteiger partial charge in [0.1, 0.15) is 6.61 Å². The van der Waals surface area contributed by atoms with Crippen LogP contribution in [0.1, 0.15) is 6.92 Å². The molecule has 1 N–H and O–H groups in total. The molecule has 12 heavy (non-hydrogen) atoms. The number of carbonyl (C=O) groups is 1. The van der Waals surface area contributed by atoms with Crippen molar-refractivity contribution in [2.45, 2.75) is 11.9 Å². The first-order valence-electron chi connectivity index (χ1n) is 3.49. The zero-order valence-electron chi connectivity index (χ0n) is 7.49. The van der Waals surface area contributed by atoms with Gasteiger partial charge in [-0.3, -0.25) is 0 Å². The fourth-order valence-corrected chi connectivity index (χ4v) is 0.912. The Labute approximate surface area is 76.2 Å². The van der Waals surface area contributed by atoms with Gasteiger partial charge < -0.3 is 14.6 Å². The molecule has 0 saturated heterocycles. The third kappa shape index (κ3) is 3.00. The molecule has 72 valence electrons. The van der Waals surface area contributed by atoms with E-state index < -0.39 is 10.9 Å². The van der Waals surface area contributed by atoms with E-state index in [1.54, 1.807) is 13.2 Å². The quantitative estimate of drug-likeness (QED) is 0.502. The Morgan fingerprint density at radius 2 is 2.25 bits per heavy atom. The van der Waals surface area contributed by atoms with Crippen LogP contribution < -0.4 is 0 Å². The van der Waals surface area contributed by atoms with Crippen molar-refractivity contribution < 1.29 is 19.4 Å². The highest BCUT2D eigenvalue weighted by atomic mass is 32.2. The summed E-state index contributed by atoms with van der Waals surface area (Å²) >= 11 is 1.25. The van der Waals surface area contributed by atoms with E-state index in [0.29, 0.717) is 0 Å². The van der Waals surface area contributed by atoms with Crippen LogP contribution in [0.3, 0.4) is 0 Å². The van der Waals surface area contributed by atoms with Crippen molar-refractivity contribution in [3.8, 4) is 0 Å². The van der Waals surface area contributed by atoms with E-state index in [4.69, 9.17) is 14.6 Å². The number of ether oxygens (including phenoxy) is 2. The minimum absolute atomic E-state index is 0.0122. The van der Waals surface area contributed by atoms with Gasteiger partial charge in [-0.25, -0.2) is 4.79 Å². The normalized spacial score (nSPS) is 15.3. The molecular weight excluding hydrogens is 180 g/mol. The average Bonchev–Trinajstić information content (AvgIpc) is 2.12. The van der Waals surface area contributed by atoms with Crippen molar-refractivity contribution in [1.29, 1.82) is 0 Å². The Bertz CT molecular complexity index is 144. The van der Waals surface area contributed by atoms with Gasteiger partial charge in [-0.05, 0) is 13.2 Å². The van der Waals surface area contributed by atoms with E-state index in [1.165, 1.54) is 18.9 Å².